The molecule has 0 bridgehead atoms. The first-order valence-electron chi connectivity index (χ1n) is 11.7. The van der Waals surface area contributed by atoms with Crippen molar-refractivity contribution in [3.8, 4) is 5.75 Å². The van der Waals surface area contributed by atoms with Crippen LogP contribution in [-0.2, 0) is 20.9 Å². The Morgan fingerprint density at radius 3 is 2.78 bits per heavy atom. The first-order chi connectivity index (χ1) is 17.8. The molecule has 12 nitrogen and oxygen atoms in total. The number of benzene rings is 1. The molecule has 0 aliphatic carbocycles. The van der Waals surface area contributed by atoms with Gasteiger partial charge in [-0.1, -0.05) is 12.6 Å². The molecule has 37 heavy (non-hydrogen) atoms. The maximum atomic E-state index is 13.3. The molecule has 192 valence electrons. The standard InChI is InChI=1S/C25H26N6O6/c1-15-10-19(37-9-3-6-27-21(15)30-8-7-26-20(32)13-30)25(23(34)28-24(35)29-25)14-31-12-16-4-5-17(36-2)11-18(16)22(31)33/h3-6,10-11H,1,7-9,12-14H2,2H3,(H,26,32)(H2,28,29,34,35). The van der Waals surface area contributed by atoms with Crippen LogP contribution in [0, 0.1) is 0 Å². The molecule has 4 heterocycles. The number of hydrogen-bond acceptors (Lipinski definition) is 8. The molecule has 12 heteroatoms. The van der Waals surface area contributed by atoms with E-state index in [9.17, 15) is 19.2 Å². The largest absolute Gasteiger partial charge is 0.497 e. The van der Waals surface area contributed by atoms with Crippen molar-refractivity contribution in [2.75, 3.05) is 39.9 Å². The SMILES string of the molecule is C=C1C=C(C2(CN3Cc4ccc(OC)cc4C3=O)NC(=O)NC2=O)OCC=CN=C1N1CCNC(=O)C1. The third-order valence-corrected chi connectivity index (χ3v) is 6.55. The van der Waals surface area contributed by atoms with E-state index in [-0.39, 0.29) is 43.8 Å². The molecule has 4 aliphatic heterocycles. The fourth-order valence-corrected chi connectivity index (χ4v) is 4.74. The van der Waals surface area contributed by atoms with Crippen LogP contribution in [0.1, 0.15) is 15.9 Å². The molecular formula is C25H26N6O6. The van der Waals surface area contributed by atoms with Crippen molar-refractivity contribution < 1.29 is 28.7 Å². The van der Waals surface area contributed by atoms with Crippen molar-refractivity contribution in [2.45, 2.75) is 12.1 Å². The summed E-state index contributed by atoms with van der Waals surface area (Å²) in [5.41, 5.74) is -0.0797. The van der Waals surface area contributed by atoms with E-state index in [0.29, 0.717) is 35.8 Å². The van der Waals surface area contributed by atoms with E-state index in [1.54, 1.807) is 29.2 Å². The molecule has 0 spiro atoms. The number of fused-ring (bicyclic) bond motifs is 1. The van der Waals surface area contributed by atoms with Gasteiger partial charge in [-0.25, -0.2) is 9.79 Å². The molecule has 5 amide bonds. The molecule has 0 aromatic heterocycles. The fourth-order valence-electron chi connectivity index (χ4n) is 4.74. The van der Waals surface area contributed by atoms with Crippen molar-refractivity contribution in [2.24, 2.45) is 4.99 Å². The first kappa shape index (κ1) is 24.1. The van der Waals surface area contributed by atoms with Crippen molar-refractivity contribution in [3.63, 3.8) is 0 Å². The lowest BCUT2D eigenvalue weighted by Crippen LogP contribution is -2.57. The number of carbonyl (C=O) groups excluding carboxylic acids is 4. The highest BCUT2D eigenvalue weighted by atomic mass is 16.5. The second-order valence-electron chi connectivity index (χ2n) is 8.95. The molecule has 1 atom stereocenters. The van der Waals surface area contributed by atoms with Crippen molar-refractivity contribution in [1.29, 1.82) is 0 Å². The number of amides is 5. The van der Waals surface area contributed by atoms with E-state index in [2.05, 4.69) is 27.5 Å². The third kappa shape index (κ3) is 4.41. The number of nitrogens with zero attached hydrogens (tertiary/aromatic N) is 3. The highest BCUT2D eigenvalue weighted by Crippen LogP contribution is 2.32. The lowest BCUT2D eigenvalue weighted by atomic mass is 9.94. The van der Waals surface area contributed by atoms with Crippen LogP contribution in [0.2, 0.25) is 0 Å². The molecule has 2 fully saturated rings. The summed E-state index contributed by atoms with van der Waals surface area (Å²) in [5, 5.41) is 7.72. The number of aliphatic imine (C=N–C) groups is 1. The number of ether oxygens (including phenoxy) is 2. The molecule has 0 radical (unpaired) electrons. The van der Waals surface area contributed by atoms with Gasteiger partial charge in [-0.2, -0.15) is 0 Å². The maximum Gasteiger partial charge on any atom is 0.322 e. The van der Waals surface area contributed by atoms with Crippen molar-refractivity contribution in [1.82, 2.24) is 25.8 Å². The summed E-state index contributed by atoms with van der Waals surface area (Å²) in [4.78, 5) is 58.6. The monoisotopic (exact) mass is 506 g/mol. The minimum atomic E-state index is -1.70. The third-order valence-electron chi connectivity index (χ3n) is 6.55. The summed E-state index contributed by atoms with van der Waals surface area (Å²) >= 11 is 0. The van der Waals surface area contributed by atoms with E-state index >= 15 is 0 Å². The zero-order valence-electron chi connectivity index (χ0n) is 20.2. The van der Waals surface area contributed by atoms with Gasteiger partial charge in [0.2, 0.25) is 5.91 Å². The highest BCUT2D eigenvalue weighted by Gasteiger charge is 2.53. The van der Waals surface area contributed by atoms with E-state index in [1.807, 2.05) is 0 Å². The fraction of sp³-hybridized carbons (Fsp3) is 0.320. The highest BCUT2D eigenvalue weighted by molar-refractivity contribution is 6.10. The number of amidine groups is 1. The average molecular weight is 507 g/mol. The topological polar surface area (TPSA) is 142 Å². The van der Waals surface area contributed by atoms with Gasteiger partial charge in [-0.15, -0.1) is 0 Å². The quantitative estimate of drug-likeness (QED) is 0.490. The van der Waals surface area contributed by atoms with Gasteiger partial charge in [-0.3, -0.25) is 19.7 Å². The number of nitrogens with one attached hydrogen (secondary N) is 3. The second kappa shape index (κ2) is 9.45. The Morgan fingerprint density at radius 2 is 2.05 bits per heavy atom. The van der Waals surface area contributed by atoms with Gasteiger partial charge >= 0.3 is 6.03 Å². The van der Waals surface area contributed by atoms with Crippen LogP contribution in [0.3, 0.4) is 0 Å². The molecule has 4 aliphatic rings. The van der Waals surface area contributed by atoms with Gasteiger partial charge in [0.05, 0.1) is 20.2 Å². The smallest absolute Gasteiger partial charge is 0.322 e. The van der Waals surface area contributed by atoms with Crippen LogP contribution >= 0.6 is 0 Å². The Bertz CT molecular complexity index is 1300. The van der Waals surface area contributed by atoms with Crippen LogP contribution in [0.4, 0.5) is 4.79 Å². The van der Waals surface area contributed by atoms with Crippen LogP contribution < -0.4 is 20.7 Å². The summed E-state index contributed by atoms with van der Waals surface area (Å²) in [5.74, 6) is -0.0235. The van der Waals surface area contributed by atoms with Crippen molar-refractivity contribution in [3.05, 3.63) is 65.6 Å². The van der Waals surface area contributed by atoms with Gasteiger partial charge in [0.25, 0.3) is 11.8 Å². The molecule has 3 N–H and O–H groups in total. The van der Waals surface area contributed by atoms with Gasteiger partial charge in [-0.05, 0) is 29.8 Å². The van der Waals surface area contributed by atoms with Crippen LogP contribution in [0.25, 0.3) is 0 Å². The van der Waals surface area contributed by atoms with Crippen LogP contribution in [-0.4, -0.2) is 84.8 Å². The zero-order chi connectivity index (χ0) is 26.2. The maximum absolute atomic E-state index is 13.3. The summed E-state index contributed by atoms with van der Waals surface area (Å²) in [7, 11) is 1.52. The summed E-state index contributed by atoms with van der Waals surface area (Å²) < 4.78 is 11.2. The molecule has 2 saturated heterocycles. The van der Waals surface area contributed by atoms with Crippen LogP contribution in [0.5, 0.6) is 5.75 Å². The second-order valence-corrected chi connectivity index (χ2v) is 8.95. The predicted octanol–water partition coefficient (Wildman–Crippen LogP) is 0.0435. The molecule has 0 saturated carbocycles. The number of imide groups is 1. The summed E-state index contributed by atoms with van der Waals surface area (Å²) in [6.07, 6.45) is 4.71. The summed E-state index contributed by atoms with van der Waals surface area (Å²) in [6, 6.07) is 4.50. The number of carbonyl (C=O) groups is 4. The normalized spacial score (nSPS) is 23.6. The molecule has 1 unspecified atom stereocenters. The lowest BCUT2D eigenvalue weighted by Gasteiger charge is -2.33. The Labute approximate surface area is 212 Å². The van der Waals surface area contributed by atoms with E-state index < -0.39 is 17.5 Å². The first-order valence-corrected chi connectivity index (χ1v) is 11.7. The predicted molar refractivity (Wildman–Crippen MR) is 131 cm³/mol. The van der Waals surface area contributed by atoms with Gasteiger partial charge < -0.3 is 29.9 Å². The number of piperazine rings is 1. The van der Waals surface area contributed by atoms with Gasteiger partial charge in [0.15, 0.2) is 5.54 Å². The van der Waals surface area contributed by atoms with Crippen molar-refractivity contribution >= 4 is 29.6 Å². The number of hydrogen-bond donors (Lipinski definition) is 3. The minimum absolute atomic E-state index is 0.0483. The Kier molecular flexibility index (Phi) is 6.15. The Balaban J connectivity index is 1.49. The van der Waals surface area contributed by atoms with E-state index in [4.69, 9.17) is 9.47 Å². The van der Waals surface area contributed by atoms with Gasteiger partial charge in [0.1, 0.15) is 24.0 Å². The lowest BCUT2D eigenvalue weighted by molar-refractivity contribution is -0.124. The Hall–Kier alpha value is -4.61. The minimum Gasteiger partial charge on any atom is -0.497 e. The van der Waals surface area contributed by atoms with Gasteiger partial charge in [0, 0.05) is 37.0 Å². The Morgan fingerprint density at radius 1 is 1.22 bits per heavy atom. The van der Waals surface area contributed by atoms with E-state index in [0.717, 1.165) is 5.56 Å². The van der Waals surface area contributed by atoms with E-state index in [1.165, 1.54) is 24.3 Å². The average Bonchev–Trinajstić information content (AvgIpc) is 3.37. The number of urea groups is 1. The number of methoxy groups -OCH3 is 1. The molecule has 1 aromatic rings. The molecule has 1 aromatic carbocycles. The molecule has 5 rings (SSSR count). The molecular weight excluding hydrogens is 480 g/mol. The zero-order valence-corrected chi connectivity index (χ0v) is 20.2. The van der Waals surface area contributed by atoms with Crippen LogP contribution in [0.15, 0.2) is 59.5 Å². The summed E-state index contributed by atoms with van der Waals surface area (Å²) in [6.45, 7) is 5.29. The number of rotatable bonds is 4.